The number of Topliss-reactive ketones (excluding diaryl/α,β-unsaturated/α-hetero) is 1. The highest BCUT2D eigenvalue weighted by atomic mass is 32.1. The van der Waals surface area contributed by atoms with Crippen molar-refractivity contribution >= 4 is 29.2 Å². The molecule has 0 spiro atoms. The van der Waals surface area contributed by atoms with Gasteiger partial charge in [-0.2, -0.15) is 0 Å². The Bertz CT molecular complexity index is 1070. The van der Waals surface area contributed by atoms with Gasteiger partial charge in [-0.25, -0.2) is 9.78 Å². The predicted molar refractivity (Wildman–Crippen MR) is 115 cm³/mol. The number of ketones is 1. The van der Waals surface area contributed by atoms with Crippen LogP contribution in [0.3, 0.4) is 0 Å². The molecule has 0 aliphatic carbocycles. The van der Waals surface area contributed by atoms with Crippen LogP contribution in [0.15, 0.2) is 29.8 Å². The summed E-state index contributed by atoms with van der Waals surface area (Å²) < 4.78 is 9.27. The van der Waals surface area contributed by atoms with Crippen LogP contribution in [-0.4, -0.2) is 32.5 Å². The molecule has 0 amide bonds. The van der Waals surface area contributed by atoms with Crippen LogP contribution in [0.1, 0.15) is 45.6 Å². The fraction of sp³-hybridized carbons (Fsp3) is 0.318. The van der Waals surface area contributed by atoms with Gasteiger partial charge in [0.2, 0.25) is 5.78 Å². The van der Waals surface area contributed by atoms with E-state index in [0.717, 1.165) is 40.0 Å². The van der Waals surface area contributed by atoms with E-state index in [-0.39, 0.29) is 12.4 Å². The summed E-state index contributed by atoms with van der Waals surface area (Å²) in [6.07, 6.45) is 4.83. The summed E-state index contributed by atoms with van der Waals surface area (Å²) in [6.45, 7) is 10.4. The average Bonchev–Trinajstić information content (AvgIpc) is 3.37. The van der Waals surface area contributed by atoms with Gasteiger partial charge in [0.1, 0.15) is 0 Å². The fourth-order valence-corrected chi connectivity index (χ4v) is 4.32. The molecule has 0 aromatic carbocycles. The highest BCUT2D eigenvalue weighted by molar-refractivity contribution is 7.12. The van der Waals surface area contributed by atoms with Gasteiger partial charge in [0.05, 0.1) is 0 Å². The zero-order valence-electron chi connectivity index (χ0n) is 17.4. The summed E-state index contributed by atoms with van der Waals surface area (Å²) >= 11 is 1.55. The van der Waals surface area contributed by atoms with Crippen LogP contribution in [0.2, 0.25) is 0 Å². The molecule has 0 aliphatic heterocycles. The molecular weight excluding hydrogens is 386 g/mol. The second-order valence-corrected chi connectivity index (χ2v) is 7.74. The zero-order valence-corrected chi connectivity index (χ0v) is 18.2. The molecule has 3 rings (SSSR count). The topological polar surface area (TPSA) is 66.1 Å². The number of thiazole rings is 1. The lowest BCUT2D eigenvalue weighted by molar-refractivity contribution is -0.136. The SMILES string of the molecule is CCn1c(C)cc(C(=O)COC(=O)/C=C/c2cc(C)n(-c3nccs3)c2C)c1C. The van der Waals surface area contributed by atoms with Gasteiger partial charge in [-0.3, -0.25) is 9.36 Å². The van der Waals surface area contributed by atoms with Crippen molar-refractivity contribution in [3.8, 4) is 5.13 Å². The van der Waals surface area contributed by atoms with E-state index < -0.39 is 5.97 Å². The van der Waals surface area contributed by atoms with E-state index in [4.69, 9.17) is 4.74 Å². The molecule has 6 nitrogen and oxygen atoms in total. The first kappa shape index (κ1) is 20.8. The quantitative estimate of drug-likeness (QED) is 0.328. The third-order valence-corrected chi connectivity index (χ3v) is 5.77. The molecule has 3 aromatic heterocycles. The van der Waals surface area contributed by atoms with Gasteiger partial charge in [-0.15, -0.1) is 11.3 Å². The van der Waals surface area contributed by atoms with Gasteiger partial charge in [0, 0.05) is 52.5 Å². The minimum absolute atomic E-state index is 0.193. The number of esters is 1. The van der Waals surface area contributed by atoms with Crippen molar-refractivity contribution in [1.29, 1.82) is 0 Å². The molecular formula is C22H25N3O3S. The van der Waals surface area contributed by atoms with E-state index in [1.54, 1.807) is 23.6 Å². The summed E-state index contributed by atoms with van der Waals surface area (Å²) in [6, 6.07) is 3.84. The van der Waals surface area contributed by atoms with E-state index in [9.17, 15) is 9.59 Å². The zero-order chi connectivity index (χ0) is 21.1. The van der Waals surface area contributed by atoms with E-state index in [1.807, 2.05) is 56.7 Å². The Morgan fingerprint density at radius 3 is 2.52 bits per heavy atom. The highest BCUT2D eigenvalue weighted by Crippen LogP contribution is 2.23. The minimum atomic E-state index is -0.540. The van der Waals surface area contributed by atoms with Gasteiger partial charge in [0.25, 0.3) is 0 Å². The standard InChI is InChI=1S/C22H25N3O3S/c1-6-24-14(2)12-19(17(24)5)20(26)13-28-21(27)8-7-18-11-15(3)25(16(18)4)22-23-9-10-29-22/h7-12H,6,13H2,1-5H3/b8-7+. The largest absolute Gasteiger partial charge is 0.454 e. The van der Waals surface area contributed by atoms with Crippen molar-refractivity contribution in [1.82, 2.24) is 14.1 Å². The number of aromatic nitrogens is 3. The first-order chi connectivity index (χ1) is 13.8. The van der Waals surface area contributed by atoms with Gasteiger partial charge < -0.3 is 9.30 Å². The lowest BCUT2D eigenvalue weighted by Crippen LogP contribution is -2.13. The molecule has 0 radical (unpaired) electrons. The van der Waals surface area contributed by atoms with Gasteiger partial charge >= 0.3 is 5.97 Å². The number of nitrogens with zero attached hydrogens (tertiary/aromatic N) is 3. The average molecular weight is 412 g/mol. The molecule has 29 heavy (non-hydrogen) atoms. The summed E-state index contributed by atoms with van der Waals surface area (Å²) in [5, 5.41) is 2.81. The van der Waals surface area contributed by atoms with Crippen LogP contribution in [-0.2, 0) is 16.1 Å². The van der Waals surface area contributed by atoms with E-state index in [2.05, 4.69) is 9.55 Å². The smallest absolute Gasteiger partial charge is 0.331 e. The molecule has 0 saturated heterocycles. The van der Waals surface area contributed by atoms with Crippen molar-refractivity contribution < 1.29 is 14.3 Å². The fourth-order valence-electron chi connectivity index (χ4n) is 3.57. The molecule has 152 valence electrons. The second kappa shape index (κ2) is 8.61. The lowest BCUT2D eigenvalue weighted by Gasteiger charge is -2.06. The normalized spacial score (nSPS) is 11.3. The minimum Gasteiger partial charge on any atom is -0.454 e. The molecule has 7 heteroatoms. The van der Waals surface area contributed by atoms with Crippen molar-refractivity contribution in [3.63, 3.8) is 0 Å². The molecule has 0 N–H and O–H groups in total. The molecule has 0 saturated carbocycles. The Morgan fingerprint density at radius 2 is 1.90 bits per heavy atom. The number of carbonyl (C=O) groups excluding carboxylic acids is 2. The van der Waals surface area contributed by atoms with E-state index in [1.165, 1.54) is 6.08 Å². The Kier molecular flexibility index (Phi) is 6.17. The van der Waals surface area contributed by atoms with Crippen LogP contribution in [0.4, 0.5) is 0 Å². The molecule has 0 aliphatic rings. The van der Waals surface area contributed by atoms with Crippen LogP contribution < -0.4 is 0 Å². The Balaban J connectivity index is 1.65. The van der Waals surface area contributed by atoms with Crippen LogP contribution in [0, 0.1) is 27.7 Å². The van der Waals surface area contributed by atoms with Crippen LogP contribution in [0.5, 0.6) is 0 Å². The molecule has 0 atom stereocenters. The number of carbonyl (C=O) groups is 2. The molecule has 0 bridgehead atoms. The summed E-state index contributed by atoms with van der Waals surface area (Å²) in [5.74, 6) is -0.733. The molecule has 3 heterocycles. The van der Waals surface area contributed by atoms with E-state index >= 15 is 0 Å². The number of hydrogen-bond acceptors (Lipinski definition) is 5. The summed E-state index contributed by atoms with van der Waals surface area (Å²) in [5.41, 5.74) is 5.46. The van der Waals surface area contributed by atoms with Crippen LogP contribution >= 0.6 is 11.3 Å². The maximum Gasteiger partial charge on any atom is 0.331 e. The summed E-state index contributed by atoms with van der Waals surface area (Å²) in [4.78, 5) is 28.9. The van der Waals surface area contributed by atoms with Gasteiger partial charge in [-0.1, -0.05) is 0 Å². The third-order valence-electron chi connectivity index (χ3n) is 5.02. The van der Waals surface area contributed by atoms with Crippen molar-refractivity contribution in [2.75, 3.05) is 6.61 Å². The van der Waals surface area contributed by atoms with E-state index in [0.29, 0.717) is 5.56 Å². The first-order valence-corrected chi connectivity index (χ1v) is 10.3. The van der Waals surface area contributed by atoms with Crippen LogP contribution in [0.25, 0.3) is 11.2 Å². The Labute approximate surface area is 174 Å². The maximum atomic E-state index is 12.4. The predicted octanol–water partition coefficient (Wildman–Crippen LogP) is 4.43. The Hall–Kier alpha value is -2.93. The van der Waals surface area contributed by atoms with Crippen molar-refractivity contribution in [2.24, 2.45) is 0 Å². The monoisotopic (exact) mass is 411 g/mol. The number of ether oxygens (including phenoxy) is 1. The van der Waals surface area contributed by atoms with Gasteiger partial charge in [-0.05, 0) is 58.4 Å². The maximum absolute atomic E-state index is 12.4. The number of aryl methyl sites for hydroxylation is 2. The Morgan fingerprint density at radius 1 is 1.14 bits per heavy atom. The second-order valence-electron chi connectivity index (χ2n) is 6.87. The first-order valence-electron chi connectivity index (χ1n) is 9.47. The number of hydrogen-bond donors (Lipinski definition) is 0. The van der Waals surface area contributed by atoms with Crippen molar-refractivity contribution in [3.05, 3.63) is 63.7 Å². The summed E-state index contributed by atoms with van der Waals surface area (Å²) in [7, 11) is 0. The lowest BCUT2D eigenvalue weighted by atomic mass is 10.1. The van der Waals surface area contributed by atoms with Gasteiger partial charge in [0.15, 0.2) is 11.7 Å². The third kappa shape index (κ3) is 4.24. The molecule has 3 aromatic rings. The molecule has 0 unspecified atom stereocenters. The highest BCUT2D eigenvalue weighted by Gasteiger charge is 2.16. The molecule has 0 fully saturated rings. The number of rotatable bonds is 7. The van der Waals surface area contributed by atoms with Crippen molar-refractivity contribution in [2.45, 2.75) is 41.2 Å².